The quantitative estimate of drug-likeness (QED) is 0.507. The molecule has 0 aliphatic carbocycles. The first kappa shape index (κ1) is 11.5. The Morgan fingerprint density at radius 2 is 1.67 bits per heavy atom. The minimum Gasteiger partial charge on any atom is -0.298 e. The minimum atomic E-state index is -0.222. The molecule has 0 unspecified atom stereocenters. The Labute approximate surface area is 82.3 Å². The summed E-state index contributed by atoms with van der Waals surface area (Å²) in [6.45, 7) is 1.70. The number of alkyl halides is 2. The number of hydrogen-bond donors (Lipinski definition) is 0. The van der Waals surface area contributed by atoms with E-state index in [1.54, 1.807) is 19.1 Å². The van der Waals surface area contributed by atoms with E-state index in [0.717, 1.165) is 11.8 Å². The lowest BCUT2D eigenvalue weighted by Gasteiger charge is -1.81. The number of benzene rings is 1. The fourth-order valence-electron chi connectivity index (χ4n) is 0.532. The zero-order valence-electron chi connectivity index (χ0n) is 6.71. The van der Waals surface area contributed by atoms with Gasteiger partial charge in [0.25, 0.3) is 0 Å². The largest absolute Gasteiger partial charge is 0.298 e. The molecule has 0 aliphatic heterocycles. The first-order chi connectivity index (χ1) is 5.66. The average molecular weight is 205 g/mol. The zero-order valence-corrected chi connectivity index (χ0v) is 8.22. The van der Waals surface area contributed by atoms with Crippen molar-refractivity contribution in [2.45, 2.75) is 11.8 Å². The third-order valence-electron chi connectivity index (χ3n) is 0.936. The molecule has 1 aromatic rings. The van der Waals surface area contributed by atoms with Gasteiger partial charge < -0.3 is 0 Å². The van der Waals surface area contributed by atoms with Crippen LogP contribution in [0.25, 0.3) is 0 Å². The van der Waals surface area contributed by atoms with Crippen LogP contribution in [0.1, 0.15) is 17.3 Å². The van der Waals surface area contributed by atoms with E-state index in [4.69, 9.17) is 23.2 Å². The average Bonchev–Trinajstić information content (AvgIpc) is 2.05. The second-order valence-corrected chi connectivity index (χ2v) is 3.58. The molecule has 1 nitrogen and oxygen atoms in total. The van der Waals surface area contributed by atoms with Crippen LogP contribution in [0.2, 0.25) is 0 Å². The number of carbonyl (C=O) groups excluding carboxylic acids is 1. The lowest BCUT2D eigenvalue weighted by molar-refractivity contribution is 0.112. The number of carbonyl (C=O) groups is 1. The van der Waals surface area contributed by atoms with Crippen LogP contribution in [-0.2, 0) is 0 Å². The molecule has 0 bridgehead atoms. The van der Waals surface area contributed by atoms with E-state index in [0.29, 0.717) is 0 Å². The summed E-state index contributed by atoms with van der Waals surface area (Å²) in [6, 6.07) is 9.10. The van der Waals surface area contributed by atoms with Gasteiger partial charge in [0.15, 0.2) is 0 Å². The summed E-state index contributed by atoms with van der Waals surface area (Å²) in [5.74, 6) is 0. The predicted molar refractivity (Wildman–Crippen MR) is 53.0 cm³/mol. The van der Waals surface area contributed by atoms with Crippen LogP contribution >= 0.6 is 23.2 Å². The van der Waals surface area contributed by atoms with E-state index in [-0.39, 0.29) is 4.84 Å². The molecule has 1 rings (SSSR count). The van der Waals surface area contributed by atoms with Crippen molar-refractivity contribution in [3.8, 4) is 0 Å². The lowest BCUT2D eigenvalue weighted by atomic mass is 10.2. The number of hydrogen-bond acceptors (Lipinski definition) is 1. The molecule has 0 aromatic heterocycles. The molecule has 0 fully saturated rings. The minimum absolute atomic E-state index is 0.222. The number of rotatable bonds is 1. The van der Waals surface area contributed by atoms with Crippen LogP contribution in [0.3, 0.4) is 0 Å². The maximum absolute atomic E-state index is 10.0. The second kappa shape index (κ2) is 7.14. The van der Waals surface area contributed by atoms with Gasteiger partial charge in [-0.15, -0.1) is 23.2 Å². The molecule has 0 N–H and O–H groups in total. The standard InChI is InChI=1S/C7H6O.C2H4Cl2/c8-6-7-4-2-1-3-5-7;1-2(3)4/h1-6H;2H,1H3. The topological polar surface area (TPSA) is 17.1 Å². The van der Waals surface area contributed by atoms with Crippen molar-refractivity contribution in [1.82, 2.24) is 0 Å². The highest BCUT2D eigenvalue weighted by atomic mass is 35.5. The highest BCUT2D eigenvalue weighted by molar-refractivity contribution is 6.43. The van der Waals surface area contributed by atoms with Crippen molar-refractivity contribution in [2.24, 2.45) is 0 Å². The summed E-state index contributed by atoms with van der Waals surface area (Å²) < 4.78 is 0. The molecule has 12 heavy (non-hydrogen) atoms. The Bertz CT molecular complexity index is 206. The molecule has 0 saturated heterocycles. The molecular weight excluding hydrogens is 195 g/mol. The SMILES string of the molecule is CC(Cl)Cl.O=Cc1ccccc1. The van der Waals surface area contributed by atoms with Gasteiger partial charge in [-0.3, -0.25) is 4.79 Å². The van der Waals surface area contributed by atoms with Crippen molar-refractivity contribution in [3.05, 3.63) is 35.9 Å². The molecule has 0 heterocycles. The van der Waals surface area contributed by atoms with Crippen LogP contribution in [0.5, 0.6) is 0 Å². The highest BCUT2D eigenvalue weighted by Gasteiger charge is 1.80. The summed E-state index contributed by atoms with van der Waals surface area (Å²) in [5, 5.41) is 0. The Hall–Kier alpha value is -0.530. The third kappa shape index (κ3) is 7.58. The summed E-state index contributed by atoms with van der Waals surface area (Å²) in [5.41, 5.74) is 0.729. The van der Waals surface area contributed by atoms with Gasteiger partial charge in [0, 0.05) is 5.56 Å². The zero-order chi connectivity index (χ0) is 9.40. The van der Waals surface area contributed by atoms with E-state index < -0.39 is 0 Å². The predicted octanol–water partition coefficient (Wildman–Crippen LogP) is 3.31. The monoisotopic (exact) mass is 204 g/mol. The van der Waals surface area contributed by atoms with Crippen LogP contribution in [-0.4, -0.2) is 11.1 Å². The van der Waals surface area contributed by atoms with E-state index in [1.807, 2.05) is 18.2 Å². The first-order valence-electron chi connectivity index (χ1n) is 3.45. The molecule has 66 valence electrons. The van der Waals surface area contributed by atoms with E-state index >= 15 is 0 Å². The van der Waals surface area contributed by atoms with Gasteiger partial charge in [0.2, 0.25) is 0 Å². The van der Waals surface area contributed by atoms with E-state index in [9.17, 15) is 4.79 Å². The second-order valence-electron chi connectivity index (χ2n) is 2.05. The van der Waals surface area contributed by atoms with Gasteiger partial charge in [-0.2, -0.15) is 0 Å². The van der Waals surface area contributed by atoms with Crippen molar-refractivity contribution < 1.29 is 4.79 Å². The van der Waals surface area contributed by atoms with Crippen molar-refractivity contribution in [1.29, 1.82) is 0 Å². The lowest BCUT2D eigenvalue weighted by Crippen LogP contribution is -1.73. The first-order valence-corrected chi connectivity index (χ1v) is 4.32. The fourth-order valence-corrected chi connectivity index (χ4v) is 0.532. The Morgan fingerprint density at radius 3 is 1.92 bits per heavy atom. The fraction of sp³-hybridized carbons (Fsp3) is 0.222. The van der Waals surface area contributed by atoms with Gasteiger partial charge in [0.05, 0.1) is 0 Å². The molecule has 0 radical (unpaired) electrons. The van der Waals surface area contributed by atoms with Crippen LogP contribution in [0.4, 0.5) is 0 Å². The Balaban J connectivity index is 0.000000261. The molecule has 0 spiro atoms. The van der Waals surface area contributed by atoms with Gasteiger partial charge in [-0.1, -0.05) is 30.3 Å². The van der Waals surface area contributed by atoms with Crippen molar-refractivity contribution >= 4 is 29.5 Å². The van der Waals surface area contributed by atoms with Gasteiger partial charge in [-0.05, 0) is 6.92 Å². The number of aldehydes is 1. The maximum atomic E-state index is 10.0. The molecule has 0 saturated carbocycles. The Morgan fingerprint density at radius 1 is 1.25 bits per heavy atom. The summed E-state index contributed by atoms with van der Waals surface area (Å²) in [4.78, 5) is 9.78. The number of halogens is 2. The van der Waals surface area contributed by atoms with Gasteiger partial charge in [-0.25, -0.2) is 0 Å². The van der Waals surface area contributed by atoms with Crippen LogP contribution in [0.15, 0.2) is 30.3 Å². The summed E-state index contributed by atoms with van der Waals surface area (Å²) >= 11 is 10.1. The highest BCUT2D eigenvalue weighted by Crippen LogP contribution is 1.95. The molecule has 3 heteroatoms. The Kier molecular flexibility index (Phi) is 6.82. The molecule has 0 amide bonds. The molecular formula is C9H10Cl2O. The molecule has 0 atom stereocenters. The third-order valence-corrected chi connectivity index (χ3v) is 0.936. The summed E-state index contributed by atoms with van der Waals surface area (Å²) in [7, 11) is 0. The molecule has 1 aromatic carbocycles. The van der Waals surface area contributed by atoms with Gasteiger partial charge in [0.1, 0.15) is 11.1 Å². The molecule has 0 aliphatic rings. The van der Waals surface area contributed by atoms with Crippen molar-refractivity contribution in [2.75, 3.05) is 0 Å². The van der Waals surface area contributed by atoms with E-state index in [1.165, 1.54) is 0 Å². The normalized spacial score (nSPS) is 8.67. The van der Waals surface area contributed by atoms with Crippen LogP contribution in [0, 0.1) is 0 Å². The smallest absolute Gasteiger partial charge is 0.150 e. The maximum Gasteiger partial charge on any atom is 0.150 e. The van der Waals surface area contributed by atoms with Crippen LogP contribution < -0.4 is 0 Å². The van der Waals surface area contributed by atoms with Gasteiger partial charge >= 0.3 is 0 Å². The summed E-state index contributed by atoms with van der Waals surface area (Å²) in [6.07, 6.45) is 0.833. The van der Waals surface area contributed by atoms with E-state index in [2.05, 4.69) is 0 Å². The van der Waals surface area contributed by atoms with Crippen molar-refractivity contribution in [3.63, 3.8) is 0 Å².